The first-order valence-corrected chi connectivity index (χ1v) is 5.93. The van der Waals surface area contributed by atoms with E-state index in [1.54, 1.807) is 0 Å². The molecule has 0 atom stereocenters. The van der Waals surface area contributed by atoms with E-state index >= 15 is 0 Å². The molecule has 1 rings (SSSR count). The van der Waals surface area contributed by atoms with E-state index in [0.717, 1.165) is 0 Å². The van der Waals surface area contributed by atoms with Gasteiger partial charge in [-0.3, -0.25) is 0 Å². The van der Waals surface area contributed by atoms with Crippen molar-refractivity contribution >= 4 is 69.6 Å². The molecule has 1 fully saturated rings. The molecular weight excluding hydrogens is 469 g/mol. The van der Waals surface area contributed by atoms with Crippen LogP contribution in [0.25, 0.3) is 0 Å². The summed E-state index contributed by atoms with van der Waals surface area (Å²) in [6.45, 7) is 0. The fourth-order valence-electron chi connectivity index (χ4n) is 1.05. The SMILES string of the molecule is Cl[C@H]1[C@H](Cl)[C@@H](Cl)[C@@H](Cl)[C@H](Cl)[C@H]1Cl.[W]. The van der Waals surface area contributed by atoms with Crippen LogP contribution in [0.1, 0.15) is 0 Å². The van der Waals surface area contributed by atoms with Crippen LogP contribution in [0.5, 0.6) is 0 Å². The van der Waals surface area contributed by atoms with Crippen molar-refractivity contribution in [3.63, 3.8) is 0 Å². The standard InChI is InChI=1S/C6H6Cl6.W/c7-1-2(8)4(10)6(12)5(11)3(1)9;/h1-6H;/t1-,2-,3-,4+,5+,6+;. The Kier molecular flexibility index (Phi) is 7.40. The van der Waals surface area contributed by atoms with Crippen LogP contribution < -0.4 is 0 Å². The third-order valence-electron chi connectivity index (χ3n) is 1.83. The summed E-state index contributed by atoms with van der Waals surface area (Å²) in [6.07, 6.45) is 0. The molecule has 0 N–H and O–H groups in total. The largest absolute Gasteiger partial charge is 0.120 e. The predicted octanol–water partition coefficient (Wildman–Crippen LogP) is 3.64. The van der Waals surface area contributed by atoms with E-state index in [-0.39, 0.29) is 21.1 Å². The van der Waals surface area contributed by atoms with Gasteiger partial charge < -0.3 is 0 Å². The smallest absolute Gasteiger partial charge is 0.0693 e. The zero-order valence-corrected chi connectivity index (χ0v) is 13.6. The van der Waals surface area contributed by atoms with Crippen LogP contribution in [0.4, 0.5) is 0 Å². The van der Waals surface area contributed by atoms with Gasteiger partial charge in [-0.25, -0.2) is 0 Å². The molecule has 0 bridgehead atoms. The van der Waals surface area contributed by atoms with Crippen LogP contribution >= 0.6 is 69.6 Å². The third kappa shape index (κ3) is 3.19. The van der Waals surface area contributed by atoms with Gasteiger partial charge in [0.25, 0.3) is 0 Å². The van der Waals surface area contributed by atoms with Crippen molar-refractivity contribution in [3.05, 3.63) is 0 Å². The zero-order valence-electron chi connectivity index (χ0n) is 6.14. The number of hydrogen-bond donors (Lipinski definition) is 0. The molecule has 1 aliphatic rings. The molecule has 0 saturated heterocycles. The van der Waals surface area contributed by atoms with Gasteiger partial charge in [-0.1, -0.05) is 0 Å². The fraction of sp³-hybridized carbons (Fsp3) is 1.00. The first kappa shape index (κ1) is 15.4. The Morgan fingerprint density at radius 1 is 0.385 bits per heavy atom. The van der Waals surface area contributed by atoms with Gasteiger partial charge in [0.2, 0.25) is 0 Å². The average Bonchev–Trinajstić information content (AvgIpc) is 2.08. The van der Waals surface area contributed by atoms with Gasteiger partial charge in [0.1, 0.15) is 0 Å². The van der Waals surface area contributed by atoms with Gasteiger partial charge in [-0.2, -0.15) is 0 Å². The van der Waals surface area contributed by atoms with E-state index in [0.29, 0.717) is 0 Å². The van der Waals surface area contributed by atoms with E-state index in [2.05, 4.69) is 0 Å². The second-order valence-corrected chi connectivity index (χ2v) is 5.69. The molecule has 0 heterocycles. The van der Waals surface area contributed by atoms with Crippen LogP contribution in [-0.4, -0.2) is 32.3 Å². The Hall–Kier alpha value is 2.43. The van der Waals surface area contributed by atoms with Crippen LogP contribution in [0.2, 0.25) is 0 Å². The van der Waals surface area contributed by atoms with Crippen molar-refractivity contribution in [1.29, 1.82) is 0 Å². The Morgan fingerprint density at radius 3 is 0.538 bits per heavy atom. The molecule has 0 nitrogen and oxygen atoms in total. The minimum absolute atomic E-state index is 0. The van der Waals surface area contributed by atoms with E-state index in [1.165, 1.54) is 0 Å². The first-order chi connectivity index (χ1) is 5.46. The summed E-state index contributed by atoms with van der Waals surface area (Å²) < 4.78 is 0. The van der Waals surface area contributed by atoms with Gasteiger partial charge in [0.05, 0.1) is 32.3 Å². The van der Waals surface area contributed by atoms with Gasteiger partial charge in [-0.15, -0.1) is 69.6 Å². The van der Waals surface area contributed by atoms with Crippen LogP contribution in [0, 0.1) is 0 Å². The van der Waals surface area contributed by atoms with Crippen molar-refractivity contribution in [2.24, 2.45) is 0 Å². The van der Waals surface area contributed by atoms with Crippen LogP contribution in [-0.2, 0) is 21.1 Å². The molecule has 0 unspecified atom stereocenters. The second-order valence-electron chi connectivity index (χ2n) is 2.67. The van der Waals surface area contributed by atoms with Crippen molar-refractivity contribution < 1.29 is 21.1 Å². The third-order valence-corrected chi connectivity index (χ3v) is 5.86. The first-order valence-electron chi connectivity index (χ1n) is 3.31. The average molecular weight is 475 g/mol. The molecule has 13 heavy (non-hydrogen) atoms. The Labute approximate surface area is 122 Å². The Balaban J connectivity index is 0.00000144. The molecular formula is C6H6Cl6W. The minimum Gasteiger partial charge on any atom is -0.120 e. The van der Waals surface area contributed by atoms with Gasteiger partial charge in [-0.05, 0) is 0 Å². The molecule has 0 amide bonds. The topological polar surface area (TPSA) is 0 Å². The van der Waals surface area contributed by atoms with Crippen molar-refractivity contribution in [3.8, 4) is 0 Å². The summed E-state index contributed by atoms with van der Waals surface area (Å²) >= 11 is 35.3. The zero-order chi connectivity index (χ0) is 9.46. The second kappa shape index (κ2) is 6.23. The molecule has 7 heteroatoms. The summed E-state index contributed by atoms with van der Waals surface area (Å²) in [6, 6.07) is 0. The summed E-state index contributed by atoms with van der Waals surface area (Å²) in [5.74, 6) is 0. The molecule has 78 valence electrons. The molecule has 1 aliphatic carbocycles. The monoisotopic (exact) mass is 472 g/mol. The predicted molar refractivity (Wildman–Crippen MR) is 57.8 cm³/mol. The number of hydrogen-bond acceptors (Lipinski definition) is 0. The quantitative estimate of drug-likeness (QED) is 0.471. The van der Waals surface area contributed by atoms with Crippen LogP contribution in [0.3, 0.4) is 0 Å². The van der Waals surface area contributed by atoms with Crippen LogP contribution in [0.15, 0.2) is 0 Å². The van der Waals surface area contributed by atoms with Crippen molar-refractivity contribution in [2.45, 2.75) is 32.3 Å². The molecule has 0 aromatic rings. The Morgan fingerprint density at radius 2 is 0.462 bits per heavy atom. The molecule has 0 aromatic carbocycles. The van der Waals surface area contributed by atoms with E-state index < -0.39 is 32.3 Å². The molecule has 0 aromatic heterocycles. The summed E-state index contributed by atoms with van der Waals surface area (Å²) in [4.78, 5) is 0. The van der Waals surface area contributed by atoms with E-state index in [9.17, 15) is 0 Å². The van der Waals surface area contributed by atoms with Gasteiger partial charge in [0, 0.05) is 21.1 Å². The number of alkyl halides is 6. The van der Waals surface area contributed by atoms with Gasteiger partial charge >= 0.3 is 0 Å². The fourth-order valence-corrected chi connectivity index (χ4v) is 3.38. The number of rotatable bonds is 0. The maximum absolute atomic E-state index is 5.88. The minimum atomic E-state index is -0.437. The summed E-state index contributed by atoms with van der Waals surface area (Å²) in [5.41, 5.74) is 0. The summed E-state index contributed by atoms with van der Waals surface area (Å²) in [7, 11) is 0. The molecule has 0 spiro atoms. The summed E-state index contributed by atoms with van der Waals surface area (Å²) in [5, 5.41) is -2.62. The molecule has 0 aliphatic heterocycles. The Bertz CT molecular complexity index is 109. The van der Waals surface area contributed by atoms with Crippen molar-refractivity contribution in [2.75, 3.05) is 0 Å². The van der Waals surface area contributed by atoms with Gasteiger partial charge in [0.15, 0.2) is 0 Å². The number of halogens is 6. The maximum atomic E-state index is 5.88. The molecule has 1 saturated carbocycles. The molecule has 0 radical (unpaired) electrons. The van der Waals surface area contributed by atoms with E-state index in [4.69, 9.17) is 69.6 Å². The van der Waals surface area contributed by atoms with E-state index in [1.807, 2.05) is 0 Å². The van der Waals surface area contributed by atoms with Crippen molar-refractivity contribution in [1.82, 2.24) is 0 Å². The normalized spacial score (nSPS) is 51.2. The maximum Gasteiger partial charge on any atom is 0.0693 e.